The Morgan fingerprint density at radius 3 is 2.06 bits per heavy atom. The third-order valence-corrected chi connectivity index (χ3v) is 5.01. The van der Waals surface area contributed by atoms with E-state index >= 15 is 0 Å². The molecule has 1 atom stereocenters. The lowest BCUT2D eigenvalue weighted by molar-refractivity contribution is -0.127. The molecular weight excluding hydrogens is 474 g/mol. The smallest absolute Gasteiger partial charge is 0.245 e. The lowest BCUT2D eigenvalue weighted by Crippen LogP contribution is -2.36. The van der Waals surface area contributed by atoms with Crippen molar-refractivity contribution in [3.63, 3.8) is 0 Å². The summed E-state index contributed by atoms with van der Waals surface area (Å²) in [4.78, 5) is 45.9. The molecule has 2 amide bonds. The van der Waals surface area contributed by atoms with Gasteiger partial charge in [-0.2, -0.15) is 0 Å². The quantitative estimate of drug-likeness (QED) is 0.108. The second kappa shape index (κ2) is 24.7. The van der Waals surface area contributed by atoms with E-state index in [-0.39, 0.29) is 49.2 Å². The van der Waals surface area contributed by atoms with E-state index in [9.17, 15) is 19.2 Å². The summed E-state index contributed by atoms with van der Waals surface area (Å²) in [6, 6.07) is -0.357. The Labute approximate surface area is 214 Å². The van der Waals surface area contributed by atoms with Gasteiger partial charge in [-0.15, -0.1) is 0 Å². The van der Waals surface area contributed by atoms with E-state index < -0.39 is 6.61 Å². The van der Waals surface area contributed by atoms with Gasteiger partial charge in [0.05, 0.1) is 39.1 Å². The van der Waals surface area contributed by atoms with Crippen LogP contribution in [0.3, 0.4) is 0 Å². The minimum Gasteiger partial charge on any atom is -0.389 e. The Bertz CT molecular complexity index is 605. The number of nitrogens with one attached hydrogen (secondary N) is 3. The Balaban J connectivity index is 3.42. The molecule has 210 valence electrons. The van der Waals surface area contributed by atoms with Crippen molar-refractivity contribution in [2.45, 2.75) is 51.5 Å². The van der Waals surface area contributed by atoms with Crippen LogP contribution in [0.4, 0.5) is 0 Å². The zero-order valence-corrected chi connectivity index (χ0v) is 21.8. The maximum Gasteiger partial charge on any atom is 0.245 e. The molecule has 0 aliphatic carbocycles. The molecule has 0 aliphatic heterocycles. The highest BCUT2D eigenvalue weighted by Gasteiger charge is 2.14. The highest BCUT2D eigenvalue weighted by atomic mass is 16.5. The molecule has 0 aromatic carbocycles. The molecular formula is C24H45N3O9. The second-order valence-electron chi connectivity index (χ2n) is 7.99. The van der Waals surface area contributed by atoms with Crippen LogP contribution in [0, 0.1) is 0 Å². The van der Waals surface area contributed by atoms with Crippen molar-refractivity contribution in [2.75, 3.05) is 79.6 Å². The van der Waals surface area contributed by atoms with Gasteiger partial charge in [0, 0.05) is 32.5 Å². The van der Waals surface area contributed by atoms with Gasteiger partial charge in [-0.05, 0) is 32.7 Å². The predicted molar refractivity (Wildman–Crippen MR) is 133 cm³/mol. The molecule has 0 bridgehead atoms. The molecule has 0 saturated carbocycles. The Hall–Kier alpha value is -1.96. The highest BCUT2D eigenvalue weighted by molar-refractivity contribution is 5.84. The summed E-state index contributed by atoms with van der Waals surface area (Å²) < 4.78 is 21.2. The zero-order valence-electron chi connectivity index (χ0n) is 21.8. The molecule has 36 heavy (non-hydrogen) atoms. The fourth-order valence-corrected chi connectivity index (χ4v) is 2.95. The molecule has 0 unspecified atom stereocenters. The first-order valence-corrected chi connectivity index (χ1v) is 12.6. The molecule has 0 saturated heterocycles. The normalized spacial score (nSPS) is 11.8. The van der Waals surface area contributed by atoms with Crippen molar-refractivity contribution in [2.24, 2.45) is 0 Å². The maximum absolute atomic E-state index is 11.7. The third kappa shape index (κ3) is 21.3. The van der Waals surface area contributed by atoms with E-state index in [4.69, 9.17) is 24.1 Å². The summed E-state index contributed by atoms with van der Waals surface area (Å²) in [7, 11) is 1.68. The molecule has 0 spiro atoms. The first kappa shape index (κ1) is 34.0. The summed E-state index contributed by atoms with van der Waals surface area (Å²) >= 11 is 0. The van der Waals surface area contributed by atoms with Gasteiger partial charge in [0.15, 0.2) is 11.6 Å². The van der Waals surface area contributed by atoms with Gasteiger partial charge < -0.3 is 40.0 Å². The molecule has 0 radical (unpaired) electrons. The van der Waals surface area contributed by atoms with Crippen LogP contribution >= 0.6 is 0 Å². The van der Waals surface area contributed by atoms with Gasteiger partial charge in [-0.1, -0.05) is 6.92 Å². The zero-order chi connectivity index (χ0) is 26.9. The van der Waals surface area contributed by atoms with Crippen LogP contribution in [-0.4, -0.2) is 114 Å². The van der Waals surface area contributed by atoms with Crippen molar-refractivity contribution in [1.82, 2.24) is 16.0 Å². The number of amides is 2. The number of aliphatic hydroxyl groups is 1. The number of carbonyl (C=O) groups excluding carboxylic acids is 4. The average Bonchev–Trinajstić information content (AvgIpc) is 2.88. The topological polar surface area (TPSA) is 162 Å². The number of aliphatic hydroxyl groups excluding tert-OH is 1. The van der Waals surface area contributed by atoms with Crippen LogP contribution < -0.4 is 16.0 Å². The fourth-order valence-electron chi connectivity index (χ4n) is 2.95. The van der Waals surface area contributed by atoms with Gasteiger partial charge in [0.25, 0.3) is 0 Å². The van der Waals surface area contributed by atoms with Crippen molar-refractivity contribution >= 4 is 23.4 Å². The Kier molecular flexibility index (Phi) is 23.4. The Morgan fingerprint density at radius 1 is 0.750 bits per heavy atom. The SMILES string of the molecule is CCC(=O)NCCOCCOCC(=O)CCCOCCOCC(=O)NCCCC[C@H](NC)C(=O)CO. The molecule has 0 aromatic rings. The van der Waals surface area contributed by atoms with Gasteiger partial charge in [0.2, 0.25) is 11.8 Å². The van der Waals surface area contributed by atoms with E-state index in [1.54, 1.807) is 14.0 Å². The fraction of sp³-hybridized carbons (Fsp3) is 0.833. The van der Waals surface area contributed by atoms with Crippen LogP contribution in [-0.2, 0) is 38.1 Å². The molecule has 0 fully saturated rings. The molecule has 0 aromatic heterocycles. The van der Waals surface area contributed by atoms with Gasteiger partial charge in [-0.25, -0.2) is 0 Å². The van der Waals surface area contributed by atoms with E-state index in [1.807, 2.05) is 0 Å². The molecule has 0 rings (SSSR count). The summed E-state index contributed by atoms with van der Waals surface area (Å²) in [6.45, 7) is 4.34. The van der Waals surface area contributed by atoms with Crippen LogP contribution in [0.2, 0.25) is 0 Å². The van der Waals surface area contributed by atoms with E-state index in [0.29, 0.717) is 71.8 Å². The third-order valence-electron chi connectivity index (χ3n) is 5.01. The molecule has 12 nitrogen and oxygen atoms in total. The number of Topliss-reactive ketones (excluding diaryl/α,β-unsaturated/α-hetero) is 2. The average molecular weight is 520 g/mol. The van der Waals surface area contributed by atoms with Crippen LogP contribution in [0.25, 0.3) is 0 Å². The summed E-state index contributed by atoms with van der Waals surface area (Å²) in [6.07, 6.45) is 3.46. The summed E-state index contributed by atoms with van der Waals surface area (Å²) in [5.41, 5.74) is 0. The lowest BCUT2D eigenvalue weighted by Gasteiger charge is -2.13. The van der Waals surface area contributed by atoms with Crippen molar-refractivity contribution < 1.29 is 43.2 Å². The Morgan fingerprint density at radius 2 is 1.39 bits per heavy atom. The van der Waals surface area contributed by atoms with Crippen molar-refractivity contribution in [3.8, 4) is 0 Å². The summed E-state index contributed by atoms with van der Waals surface area (Å²) in [5, 5.41) is 17.2. The van der Waals surface area contributed by atoms with E-state index in [0.717, 1.165) is 12.8 Å². The lowest BCUT2D eigenvalue weighted by atomic mass is 10.1. The van der Waals surface area contributed by atoms with Crippen LogP contribution in [0.5, 0.6) is 0 Å². The number of hydrogen-bond acceptors (Lipinski definition) is 10. The standard InChI is InChI=1S/C24H45N3O9/c1-3-23(31)27-10-12-34-14-15-35-18-20(29)7-6-11-33-13-16-36-19-24(32)26-9-5-4-8-21(25-2)22(30)17-28/h21,25,28H,3-19H2,1-2H3,(H,26,32)(H,27,31)/t21-/m0/s1. The number of ether oxygens (including phenoxy) is 4. The minimum atomic E-state index is -0.475. The van der Waals surface area contributed by atoms with Crippen LogP contribution in [0.1, 0.15) is 45.4 Å². The van der Waals surface area contributed by atoms with Crippen LogP contribution in [0.15, 0.2) is 0 Å². The van der Waals surface area contributed by atoms with E-state index in [1.165, 1.54) is 0 Å². The largest absolute Gasteiger partial charge is 0.389 e. The molecule has 12 heteroatoms. The molecule has 0 aliphatic rings. The number of unbranched alkanes of at least 4 members (excludes halogenated alkanes) is 1. The number of hydrogen-bond donors (Lipinski definition) is 4. The highest BCUT2D eigenvalue weighted by Crippen LogP contribution is 2.01. The van der Waals surface area contributed by atoms with Gasteiger partial charge in [0.1, 0.15) is 19.8 Å². The van der Waals surface area contributed by atoms with Gasteiger partial charge in [-0.3, -0.25) is 19.2 Å². The number of ketones is 2. The number of carbonyl (C=O) groups is 4. The monoisotopic (exact) mass is 519 g/mol. The maximum atomic E-state index is 11.7. The summed E-state index contributed by atoms with van der Waals surface area (Å²) in [5.74, 6) is -0.477. The van der Waals surface area contributed by atoms with Gasteiger partial charge >= 0.3 is 0 Å². The number of rotatable bonds is 26. The molecule has 0 heterocycles. The predicted octanol–water partition coefficient (Wildman–Crippen LogP) is -0.636. The number of likely N-dealkylation sites (N-methyl/N-ethyl adjacent to an activating group) is 1. The minimum absolute atomic E-state index is 0.0109. The first-order valence-electron chi connectivity index (χ1n) is 12.6. The van der Waals surface area contributed by atoms with E-state index in [2.05, 4.69) is 16.0 Å². The molecule has 4 N–H and O–H groups in total. The van der Waals surface area contributed by atoms with Crippen molar-refractivity contribution in [1.29, 1.82) is 0 Å². The second-order valence-corrected chi connectivity index (χ2v) is 7.99. The van der Waals surface area contributed by atoms with Crippen molar-refractivity contribution in [3.05, 3.63) is 0 Å². The first-order chi connectivity index (χ1) is 17.4.